The number of aromatic nitrogens is 1. The van der Waals surface area contributed by atoms with Gasteiger partial charge in [0.25, 0.3) is 5.91 Å². The van der Waals surface area contributed by atoms with Gasteiger partial charge in [0, 0.05) is 23.3 Å². The van der Waals surface area contributed by atoms with Crippen LogP contribution < -0.4 is 14.8 Å². The SMILES string of the molecule is CC(C)(C)c1ccc2ccnc(C(=O)Nc3ccc4c(c3)OCCO4)c2c1. The van der Waals surface area contributed by atoms with Crippen molar-refractivity contribution in [2.75, 3.05) is 18.5 Å². The van der Waals surface area contributed by atoms with E-state index < -0.39 is 0 Å². The van der Waals surface area contributed by atoms with E-state index in [1.807, 2.05) is 12.1 Å². The summed E-state index contributed by atoms with van der Waals surface area (Å²) < 4.78 is 11.1. The first kappa shape index (κ1) is 17.3. The van der Waals surface area contributed by atoms with E-state index in [1.165, 1.54) is 0 Å². The van der Waals surface area contributed by atoms with Gasteiger partial charge in [-0.1, -0.05) is 32.9 Å². The Labute approximate surface area is 158 Å². The molecule has 138 valence electrons. The van der Waals surface area contributed by atoms with Gasteiger partial charge in [-0.15, -0.1) is 0 Å². The van der Waals surface area contributed by atoms with Crippen LogP contribution in [0.5, 0.6) is 11.5 Å². The third-order valence-electron chi connectivity index (χ3n) is 4.65. The molecule has 3 aromatic rings. The van der Waals surface area contributed by atoms with Crippen molar-refractivity contribution in [2.24, 2.45) is 0 Å². The number of carbonyl (C=O) groups excluding carboxylic acids is 1. The average Bonchev–Trinajstić information content (AvgIpc) is 2.66. The van der Waals surface area contributed by atoms with Gasteiger partial charge >= 0.3 is 0 Å². The number of amides is 1. The summed E-state index contributed by atoms with van der Waals surface area (Å²) in [4.78, 5) is 17.3. The molecule has 0 atom stereocenters. The molecule has 2 aromatic carbocycles. The van der Waals surface area contributed by atoms with Crippen LogP contribution in [0.4, 0.5) is 5.69 Å². The Balaban J connectivity index is 1.68. The van der Waals surface area contributed by atoms with Crippen molar-refractivity contribution in [2.45, 2.75) is 26.2 Å². The molecule has 1 aromatic heterocycles. The van der Waals surface area contributed by atoms with E-state index in [9.17, 15) is 4.79 Å². The molecule has 0 spiro atoms. The third kappa shape index (κ3) is 3.45. The minimum Gasteiger partial charge on any atom is -0.486 e. The van der Waals surface area contributed by atoms with Crippen LogP contribution in [-0.4, -0.2) is 24.1 Å². The first-order valence-corrected chi connectivity index (χ1v) is 9.02. The van der Waals surface area contributed by atoms with Gasteiger partial charge in [-0.2, -0.15) is 0 Å². The molecule has 0 fully saturated rings. The summed E-state index contributed by atoms with van der Waals surface area (Å²) in [5.41, 5.74) is 2.22. The number of fused-ring (bicyclic) bond motifs is 2. The van der Waals surface area contributed by atoms with Gasteiger partial charge in [0.05, 0.1) is 0 Å². The molecule has 0 saturated heterocycles. The molecule has 1 amide bonds. The third-order valence-corrected chi connectivity index (χ3v) is 4.65. The Morgan fingerprint density at radius 2 is 1.78 bits per heavy atom. The molecular formula is C22H22N2O3. The van der Waals surface area contributed by atoms with Crippen LogP contribution in [0, 0.1) is 0 Å². The smallest absolute Gasteiger partial charge is 0.274 e. The molecule has 27 heavy (non-hydrogen) atoms. The lowest BCUT2D eigenvalue weighted by atomic mass is 9.86. The molecule has 0 radical (unpaired) electrons. The lowest BCUT2D eigenvalue weighted by Crippen LogP contribution is -2.17. The zero-order valence-electron chi connectivity index (χ0n) is 15.7. The fraction of sp³-hybridized carbons (Fsp3) is 0.273. The highest BCUT2D eigenvalue weighted by molar-refractivity contribution is 6.11. The number of benzene rings is 2. The van der Waals surface area contributed by atoms with Crippen LogP contribution in [-0.2, 0) is 5.41 Å². The molecule has 1 aliphatic heterocycles. The monoisotopic (exact) mass is 362 g/mol. The predicted octanol–water partition coefficient (Wildman–Crippen LogP) is 4.56. The second kappa shape index (κ2) is 6.58. The van der Waals surface area contributed by atoms with Crippen molar-refractivity contribution >= 4 is 22.4 Å². The highest BCUT2D eigenvalue weighted by Gasteiger charge is 2.18. The largest absolute Gasteiger partial charge is 0.486 e. The number of hydrogen-bond donors (Lipinski definition) is 1. The molecule has 0 aliphatic carbocycles. The van der Waals surface area contributed by atoms with Crippen molar-refractivity contribution in [1.29, 1.82) is 0 Å². The summed E-state index contributed by atoms with van der Waals surface area (Å²) in [6, 6.07) is 13.5. The number of nitrogens with one attached hydrogen (secondary N) is 1. The summed E-state index contributed by atoms with van der Waals surface area (Å²) in [6.45, 7) is 7.50. The van der Waals surface area contributed by atoms with E-state index in [1.54, 1.807) is 24.4 Å². The Hall–Kier alpha value is -3.08. The van der Waals surface area contributed by atoms with Gasteiger partial charge in [-0.25, -0.2) is 0 Å². The summed E-state index contributed by atoms with van der Waals surface area (Å²) >= 11 is 0. The standard InChI is InChI=1S/C22H22N2O3/c1-22(2,3)15-5-4-14-8-9-23-20(17(14)12-15)21(25)24-16-6-7-18-19(13-16)27-11-10-26-18/h4-9,12-13H,10-11H2,1-3H3,(H,24,25). The number of pyridine rings is 1. The lowest BCUT2D eigenvalue weighted by molar-refractivity contribution is 0.102. The number of anilines is 1. The fourth-order valence-corrected chi connectivity index (χ4v) is 3.13. The van der Waals surface area contributed by atoms with Crippen molar-refractivity contribution in [3.05, 3.63) is 59.9 Å². The Kier molecular flexibility index (Phi) is 4.22. The number of ether oxygens (including phenoxy) is 2. The van der Waals surface area contributed by atoms with E-state index in [0.717, 1.165) is 16.3 Å². The predicted molar refractivity (Wildman–Crippen MR) is 106 cm³/mol. The minimum atomic E-state index is -0.247. The Bertz CT molecular complexity index is 1020. The number of rotatable bonds is 2. The molecular weight excluding hydrogens is 340 g/mol. The fourth-order valence-electron chi connectivity index (χ4n) is 3.13. The molecule has 1 aliphatic rings. The van der Waals surface area contributed by atoms with Crippen LogP contribution in [0.2, 0.25) is 0 Å². The molecule has 2 heterocycles. The van der Waals surface area contributed by atoms with Crippen molar-refractivity contribution in [3.63, 3.8) is 0 Å². The molecule has 0 bridgehead atoms. The van der Waals surface area contributed by atoms with Gasteiger partial charge in [0.15, 0.2) is 11.5 Å². The van der Waals surface area contributed by atoms with Gasteiger partial charge < -0.3 is 14.8 Å². The van der Waals surface area contributed by atoms with Crippen molar-refractivity contribution in [1.82, 2.24) is 4.98 Å². The number of nitrogens with zero attached hydrogens (tertiary/aromatic N) is 1. The first-order valence-electron chi connectivity index (χ1n) is 9.02. The summed E-state index contributed by atoms with van der Waals surface area (Å²) in [6.07, 6.45) is 1.66. The Morgan fingerprint density at radius 3 is 2.56 bits per heavy atom. The summed E-state index contributed by atoms with van der Waals surface area (Å²) in [5, 5.41) is 4.76. The maximum Gasteiger partial charge on any atom is 0.274 e. The maximum absolute atomic E-state index is 12.9. The summed E-state index contributed by atoms with van der Waals surface area (Å²) in [5.74, 6) is 1.08. The number of carbonyl (C=O) groups is 1. The number of hydrogen-bond acceptors (Lipinski definition) is 4. The van der Waals surface area contributed by atoms with Gasteiger partial charge in [0.2, 0.25) is 0 Å². The van der Waals surface area contributed by atoms with E-state index in [4.69, 9.17) is 9.47 Å². The second-order valence-corrected chi connectivity index (χ2v) is 7.66. The van der Waals surface area contributed by atoms with Crippen molar-refractivity contribution in [3.8, 4) is 11.5 Å². The molecule has 0 saturated carbocycles. The highest BCUT2D eigenvalue weighted by atomic mass is 16.6. The van der Waals surface area contributed by atoms with E-state index in [0.29, 0.717) is 36.1 Å². The maximum atomic E-state index is 12.9. The van der Waals surface area contributed by atoms with Crippen LogP contribution in [0.15, 0.2) is 48.7 Å². The lowest BCUT2D eigenvalue weighted by Gasteiger charge is -2.20. The van der Waals surface area contributed by atoms with Crippen LogP contribution in [0.1, 0.15) is 36.8 Å². The zero-order valence-corrected chi connectivity index (χ0v) is 15.7. The normalized spacial score (nSPS) is 13.4. The molecule has 5 nitrogen and oxygen atoms in total. The highest BCUT2D eigenvalue weighted by Crippen LogP contribution is 2.33. The van der Waals surface area contributed by atoms with E-state index in [-0.39, 0.29) is 11.3 Å². The van der Waals surface area contributed by atoms with Crippen LogP contribution in [0.3, 0.4) is 0 Å². The van der Waals surface area contributed by atoms with Gasteiger partial charge in [-0.3, -0.25) is 9.78 Å². The summed E-state index contributed by atoms with van der Waals surface area (Å²) in [7, 11) is 0. The van der Waals surface area contributed by atoms with E-state index >= 15 is 0 Å². The molecule has 1 N–H and O–H groups in total. The molecule has 0 unspecified atom stereocenters. The Morgan fingerprint density at radius 1 is 1.00 bits per heavy atom. The van der Waals surface area contributed by atoms with Crippen molar-refractivity contribution < 1.29 is 14.3 Å². The second-order valence-electron chi connectivity index (χ2n) is 7.66. The minimum absolute atomic E-state index is 0.00634. The molecule has 4 rings (SSSR count). The quantitative estimate of drug-likeness (QED) is 0.726. The van der Waals surface area contributed by atoms with Gasteiger partial charge in [-0.05, 0) is 40.6 Å². The van der Waals surface area contributed by atoms with Crippen LogP contribution in [0.25, 0.3) is 10.8 Å². The molecule has 5 heteroatoms. The van der Waals surface area contributed by atoms with E-state index in [2.05, 4.69) is 43.2 Å². The van der Waals surface area contributed by atoms with Crippen LogP contribution >= 0.6 is 0 Å². The first-order chi connectivity index (χ1) is 12.9. The zero-order chi connectivity index (χ0) is 19.0. The average molecular weight is 362 g/mol. The topological polar surface area (TPSA) is 60.5 Å². The van der Waals surface area contributed by atoms with Gasteiger partial charge in [0.1, 0.15) is 18.9 Å².